The molecule has 1 aromatic carbocycles. The number of fused-ring (bicyclic) bond motifs is 1. The number of hydrogen-bond donors (Lipinski definition) is 2. The topological polar surface area (TPSA) is 139 Å². The van der Waals surface area contributed by atoms with Crippen LogP contribution < -0.4 is 9.62 Å². The fourth-order valence-corrected chi connectivity index (χ4v) is 5.79. The van der Waals surface area contributed by atoms with Gasteiger partial charge in [-0.05, 0) is 54.7 Å². The zero-order chi connectivity index (χ0) is 26.6. The molecule has 2 unspecified atom stereocenters. The Kier molecular flexibility index (Phi) is 9.23. The number of likely N-dealkylation sites (tertiary alicyclic amines) is 1. The Morgan fingerprint density at radius 3 is 2.58 bits per heavy atom. The lowest BCUT2D eigenvalue weighted by atomic mass is 9.82. The maximum absolute atomic E-state index is 13.5. The monoisotopic (exact) mass is 542 g/mol. The van der Waals surface area contributed by atoms with E-state index in [2.05, 4.69) is 19.2 Å². The molecule has 2 atom stereocenters. The van der Waals surface area contributed by atoms with Crippen LogP contribution in [0.4, 0.5) is 11.4 Å². The minimum absolute atomic E-state index is 0.0908. The van der Waals surface area contributed by atoms with Gasteiger partial charge in [-0.15, -0.1) is 0 Å². The lowest BCUT2D eigenvalue weighted by Crippen LogP contribution is -2.52. The number of nitrogens with one attached hydrogen (secondary N) is 1. The summed E-state index contributed by atoms with van der Waals surface area (Å²) in [6.07, 6.45) is 1.92. The zero-order valence-corrected chi connectivity index (χ0v) is 22.3. The second-order valence-electron chi connectivity index (χ2n) is 10.2. The van der Waals surface area contributed by atoms with Crippen molar-refractivity contribution in [1.29, 1.82) is 0 Å². The van der Waals surface area contributed by atoms with Crippen molar-refractivity contribution in [3.05, 3.63) is 22.7 Å². The largest absolute Gasteiger partial charge is 0.755 e. The first kappa shape index (κ1) is 28.2. The fraction of sp³-hybridized carbons (Fsp3) is 0.625. The number of carbonyl (C=O) groups excluding carboxylic acids is 2. The standard InChI is InChI=1S/C24H34ClN3O7S/c1-15(29)35-9-6-16-4-7-27(8-5-16)23(32)20(12-21(30)31)28(36(33)34)19-11-18(25)10-17-13-24(2,3)14-26-22(17)19/h10-11,16,20,26H,4-9,12-14H2,1-3H3,(H,30,31)(H,33,34)/p-1. The van der Waals surface area contributed by atoms with Crippen molar-refractivity contribution in [2.24, 2.45) is 11.3 Å². The fourth-order valence-electron chi connectivity index (χ4n) is 4.88. The van der Waals surface area contributed by atoms with Crippen LogP contribution >= 0.6 is 11.6 Å². The number of rotatable bonds is 9. The van der Waals surface area contributed by atoms with Gasteiger partial charge in [-0.25, -0.2) is 0 Å². The molecule has 36 heavy (non-hydrogen) atoms. The number of amides is 1. The van der Waals surface area contributed by atoms with Crippen molar-refractivity contribution in [1.82, 2.24) is 4.90 Å². The van der Waals surface area contributed by atoms with Gasteiger partial charge in [-0.3, -0.25) is 22.9 Å². The van der Waals surface area contributed by atoms with E-state index in [1.807, 2.05) is 0 Å². The summed E-state index contributed by atoms with van der Waals surface area (Å²) in [6, 6.07) is 1.75. The summed E-state index contributed by atoms with van der Waals surface area (Å²) in [5, 5.41) is 13.1. The molecule has 2 aliphatic rings. The second kappa shape index (κ2) is 11.8. The average Bonchev–Trinajstić information content (AvgIpc) is 2.76. The van der Waals surface area contributed by atoms with Crippen molar-refractivity contribution in [2.45, 2.75) is 58.9 Å². The molecule has 10 nitrogen and oxygen atoms in total. The van der Waals surface area contributed by atoms with E-state index >= 15 is 0 Å². The Morgan fingerprint density at radius 2 is 2.00 bits per heavy atom. The summed E-state index contributed by atoms with van der Waals surface area (Å²) in [6.45, 7) is 7.09. The van der Waals surface area contributed by atoms with Crippen LogP contribution in [-0.2, 0) is 36.8 Å². The molecule has 0 aromatic heterocycles. The maximum atomic E-state index is 13.5. The van der Waals surface area contributed by atoms with E-state index in [-0.39, 0.29) is 23.0 Å². The average molecular weight is 543 g/mol. The van der Waals surface area contributed by atoms with Gasteiger partial charge in [-0.1, -0.05) is 25.4 Å². The van der Waals surface area contributed by atoms with Gasteiger partial charge in [0.25, 0.3) is 0 Å². The number of piperidine rings is 1. The number of ether oxygens (including phenoxy) is 1. The van der Waals surface area contributed by atoms with E-state index in [4.69, 9.17) is 16.3 Å². The molecule has 12 heteroatoms. The molecular weight excluding hydrogens is 510 g/mol. The van der Waals surface area contributed by atoms with E-state index in [0.717, 1.165) is 9.87 Å². The number of nitrogens with zero attached hydrogens (tertiary/aromatic N) is 2. The zero-order valence-electron chi connectivity index (χ0n) is 20.8. The van der Waals surface area contributed by atoms with Crippen LogP contribution in [0.2, 0.25) is 5.02 Å². The van der Waals surface area contributed by atoms with Crippen molar-refractivity contribution >= 4 is 52.1 Å². The lowest BCUT2D eigenvalue weighted by Gasteiger charge is -2.41. The molecule has 0 bridgehead atoms. The molecule has 0 spiro atoms. The van der Waals surface area contributed by atoms with Crippen molar-refractivity contribution in [2.75, 3.05) is 35.9 Å². The number of benzene rings is 1. The smallest absolute Gasteiger partial charge is 0.306 e. The third-order valence-electron chi connectivity index (χ3n) is 6.67. The maximum Gasteiger partial charge on any atom is 0.306 e. The molecule has 2 N–H and O–H groups in total. The molecule has 200 valence electrons. The Morgan fingerprint density at radius 1 is 1.33 bits per heavy atom. The molecule has 0 radical (unpaired) electrons. The molecule has 1 fully saturated rings. The minimum atomic E-state index is -2.94. The number of carbonyl (C=O) groups is 3. The number of esters is 1. The van der Waals surface area contributed by atoms with E-state index in [1.54, 1.807) is 6.07 Å². The van der Waals surface area contributed by atoms with Gasteiger partial charge in [0, 0.05) is 42.8 Å². The highest BCUT2D eigenvalue weighted by Gasteiger charge is 2.37. The third kappa shape index (κ3) is 7.10. The van der Waals surface area contributed by atoms with Crippen molar-refractivity contribution in [3.63, 3.8) is 0 Å². The van der Waals surface area contributed by atoms with Gasteiger partial charge < -0.3 is 24.6 Å². The van der Waals surface area contributed by atoms with Crippen LogP contribution in [0.25, 0.3) is 0 Å². The summed E-state index contributed by atoms with van der Waals surface area (Å²) < 4.78 is 30.9. The van der Waals surface area contributed by atoms with Gasteiger partial charge in [0.05, 0.1) is 24.4 Å². The minimum Gasteiger partial charge on any atom is -0.755 e. The predicted octanol–water partition coefficient (Wildman–Crippen LogP) is 2.97. The molecule has 1 amide bonds. The molecule has 2 heterocycles. The summed E-state index contributed by atoms with van der Waals surface area (Å²) in [7, 11) is 0. The predicted molar refractivity (Wildman–Crippen MR) is 135 cm³/mol. The highest BCUT2D eigenvalue weighted by atomic mass is 35.5. The second-order valence-corrected chi connectivity index (χ2v) is 11.5. The SMILES string of the molecule is CC(=O)OCCC1CCN(C(=O)C(CC(=O)O)N(c2cc(Cl)cc3c2NCC(C)(C)C3)S(=O)[O-])CC1. The summed E-state index contributed by atoms with van der Waals surface area (Å²) >= 11 is 3.40. The van der Waals surface area contributed by atoms with Crippen LogP contribution in [0.15, 0.2) is 12.1 Å². The third-order valence-corrected chi connectivity index (χ3v) is 7.66. The van der Waals surface area contributed by atoms with Gasteiger partial charge in [-0.2, -0.15) is 0 Å². The number of halogens is 1. The van der Waals surface area contributed by atoms with Gasteiger partial charge in [0.15, 0.2) is 0 Å². The first-order valence-electron chi connectivity index (χ1n) is 12.0. The van der Waals surface area contributed by atoms with Gasteiger partial charge >= 0.3 is 11.9 Å². The molecule has 0 saturated carbocycles. The van der Waals surface area contributed by atoms with Gasteiger partial charge in [0.2, 0.25) is 5.91 Å². The Balaban J connectivity index is 1.86. The lowest BCUT2D eigenvalue weighted by molar-refractivity contribution is -0.143. The summed E-state index contributed by atoms with van der Waals surface area (Å²) in [5.41, 5.74) is 1.42. The number of anilines is 2. The first-order chi connectivity index (χ1) is 16.9. The van der Waals surface area contributed by atoms with E-state index in [1.165, 1.54) is 17.9 Å². The van der Waals surface area contributed by atoms with E-state index < -0.39 is 35.6 Å². The summed E-state index contributed by atoms with van der Waals surface area (Å²) in [5.74, 6) is -1.94. The molecule has 1 saturated heterocycles. The van der Waals surface area contributed by atoms with Crippen LogP contribution in [0.3, 0.4) is 0 Å². The van der Waals surface area contributed by atoms with Gasteiger partial charge in [0.1, 0.15) is 6.04 Å². The van der Waals surface area contributed by atoms with Crippen molar-refractivity contribution < 1.29 is 33.0 Å². The number of carboxylic acid groups (broad SMARTS) is 1. The van der Waals surface area contributed by atoms with E-state index in [9.17, 15) is 28.3 Å². The van der Waals surface area contributed by atoms with Crippen LogP contribution in [0.1, 0.15) is 52.0 Å². The Bertz CT molecular complexity index is 1030. The van der Waals surface area contributed by atoms with Crippen LogP contribution in [-0.4, -0.2) is 68.9 Å². The quantitative estimate of drug-likeness (QED) is 0.358. The van der Waals surface area contributed by atoms with Crippen LogP contribution in [0, 0.1) is 11.3 Å². The molecule has 1 aromatic rings. The molecular formula is C24H33ClN3O7S-. The van der Waals surface area contributed by atoms with E-state index in [0.29, 0.717) is 62.6 Å². The number of carboxylic acids is 1. The van der Waals surface area contributed by atoms with Crippen molar-refractivity contribution in [3.8, 4) is 0 Å². The number of hydrogen-bond acceptors (Lipinski definition) is 7. The normalized spacial score (nSPS) is 19.0. The highest BCUT2D eigenvalue weighted by Crippen LogP contribution is 2.42. The Hall–Kier alpha value is -2.37. The van der Waals surface area contributed by atoms with Crippen LogP contribution in [0.5, 0.6) is 0 Å². The highest BCUT2D eigenvalue weighted by molar-refractivity contribution is 7.80. The number of aliphatic carboxylic acids is 1. The summed E-state index contributed by atoms with van der Waals surface area (Å²) in [4.78, 5) is 37.8. The first-order valence-corrected chi connectivity index (χ1v) is 13.4. The molecule has 2 aliphatic heterocycles. The molecule has 0 aliphatic carbocycles. The molecule has 3 rings (SSSR count). The Labute approximate surface area is 218 Å².